The Morgan fingerprint density at radius 2 is 2.07 bits per heavy atom. The highest BCUT2D eigenvalue weighted by molar-refractivity contribution is 5.89. The van der Waals surface area contributed by atoms with Gasteiger partial charge in [0.25, 0.3) is 0 Å². The van der Waals surface area contributed by atoms with Crippen LogP contribution in [0.2, 0.25) is 0 Å². The minimum Gasteiger partial charge on any atom is -0.429 e. The molecule has 0 bridgehead atoms. The van der Waals surface area contributed by atoms with E-state index in [0.717, 1.165) is 0 Å². The quantitative estimate of drug-likeness (QED) is 0.645. The molecule has 0 aliphatic heterocycles. The van der Waals surface area contributed by atoms with Crippen molar-refractivity contribution in [3.8, 4) is 12.3 Å². The fourth-order valence-electron chi connectivity index (χ4n) is 0.633. The zero-order chi connectivity index (χ0) is 11.4. The van der Waals surface area contributed by atoms with E-state index in [4.69, 9.17) is 16.9 Å². The van der Waals surface area contributed by atoms with Crippen molar-refractivity contribution in [1.82, 2.24) is 5.32 Å². The van der Waals surface area contributed by atoms with Crippen molar-refractivity contribution in [2.75, 3.05) is 0 Å². The largest absolute Gasteiger partial charge is 0.429 e. The van der Waals surface area contributed by atoms with Gasteiger partial charge in [0.05, 0.1) is 0 Å². The summed E-state index contributed by atoms with van der Waals surface area (Å²) >= 11 is 0. The predicted octanol–water partition coefficient (Wildman–Crippen LogP) is 0.839. The minimum atomic E-state index is -1.04. The third kappa shape index (κ3) is 3.35. The second-order valence-corrected chi connectivity index (χ2v) is 3.28. The lowest BCUT2D eigenvalue weighted by molar-refractivity contribution is 0.0370. The van der Waals surface area contributed by atoms with Gasteiger partial charge in [0.15, 0.2) is 5.60 Å². The SMILES string of the molecule is C#CC(C)(OC(=O)NC(N)=O)C(C)C. The molecule has 0 fully saturated rings. The number of imide groups is 1. The van der Waals surface area contributed by atoms with E-state index in [0.29, 0.717) is 0 Å². The Bertz CT molecular complexity index is 280. The van der Waals surface area contributed by atoms with E-state index < -0.39 is 17.7 Å². The van der Waals surface area contributed by atoms with Gasteiger partial charge in [-0.05, 0) is 6.92 Å². The second kappa shape index (κ2) is 4.51. The molecular weight excluding hydrogens is 184 g/mol. The van der Waals surface area contributed by atoms with Crippen LogP contribution in [-0.4, -0.2) is 17.7 Å². The number of urea groups is 1. The monoisotopic (exact) mass is 198 g/mol. The Labute approximate surface area is 83.0 Å². The number of rotatable bonds is 2. The normalized spacial score (nSPS) is 13.9. The van der Waals surface area contributed by atoms with Crippen LogP contribution in [0.15, 0.2) is 0 Å². The maximum atomic E-state index is 11.0. The van der Waals surface area contributed by atoms with E-state index >= 15 is 0 Å². The van der Waals surface area contributed by atoms with Gasteiger partial charge in [0, 0.05) is 5.92 Å². The highest BCUT2D eigenvalue weighted by Gasteiger charge is 2.30. The van der Waals surface area contributed by atoms with Crippen molar-refractivity contribution in [2.24, 2.45) is 11.7 Å². The zero-order valence-electron chi connectivity index (χ0n) is 8.46. The van der Waals surface area contributed by atoms with E-state index in [1.54, 1.807) is 26.1 Å². The van der Waals surface area contributed by atoms with Crippen molar-refractivity contribution >= 4 is 12.1 Å². The topological polar surface area (TPSA) is 81.4 Å². The number of hydrogen-bond donors (Lipinski definition) is 2. The van der Waals surface area contributed by atoms with Gasteiger partial charge in [-0.15, -0.1) is 6.42 Å². The van der Waals surface area contributed by atoms with E-state index in [-0.39, 0.29) is 5.92 Å². The van der Waals surface area contributed by atoms with Crippen LogP contribution in [0.5, 0.6) is 0 Å². The van der Waals surface area contributed by atoms with Crippen molar-refractivity contribution in [3.05, 3.63) is 0 Å². The first-order chi connectivity index (χ1) is 6.31. The first-order valence-electron chi connectivity index (χ1n) is 4.09. The second-order valence-electron chi connectivity index (χ2n) is 3.28. The van der Waals surface area contributed by atoms with Crippen molar-refractivity contribution < 1.29 is 14.3 Å². The molecule has 0 saturated heterocycles. The molecular formula is C9H14N2O3. The van der Waals surface area contributed by atoms with Gasteiger partial charge in [0.1, 0.15) is 0 Å². The Hall–Kier alpha value is -1.70. The van der Waals surface area contributed by atoms with E-state index in [1.165, 1.54) is 0 Å². The number of carbonyl (C=O) groups is 2. The lowest BCUT2D eigenvalue weighted by Gasteiger charge is -2.27. The Morgan fingerprint density at radius 3 is 2.36 bits per heavy atom. The fourth-order valence-corrected chi connectivity index (χ4v) is 0.633. The van der Waals surface area contributed by atoms with Crippen LogP contribution in [0.4, 0.5) is 9.59 Å². The van der Waals surface area contributed by atoms with E-state index in [9.17, 15) is 9.59 Å². The Morgan fingerprint density at radius 1 is 1.57 bits per heavy atom. The number of nitrogens with one attached hydrogen (secondary N) is 1. The number of hydrogen-bond acceptors (Lipinski definition) is 3. The average Bonchev–Trinajstić information content (AvgIpc) is 2.01. The van der Waals surface area contributed by atoms with Gasteiger partial charge in [-0.25, -0.2) is 14.9 Å². The molecule has 0 saturated carbocycles. The summed E-state index contributed by atoms with van der Waals surface area (Å²) < 4.78 is 4.87. The summed E-state index contributed by atoms with van der Waals surface area (Å²) in [7, 11) is 0. The lowest BCUT2D eigenvalue weighted by Crippen LogP contribution is -2.43. The number of alkyl carbamates (subject to hydrolysis) is 1. The van der Waals surface area contributed by atoms with Crippen LogP contribution in [-0.2, 0) is 4.74 Å². The number of terminal acetylenes is 1. The minimum absolute atomic E-state index is 0.0638. The number of amides is 3. The van der Waals surface area contributed by atoms with Gasteiger partial charge >= 0.3 is 12.1 Å². The van der Waals surface area contributed by atoms with Crippen LogP contribution < -0.4 is 11.1 Å². The average molecular weight is 198 g/mol. The molecule has 1 atom stereocenters. The van der Waals surface area contributed by atoms with E-state index in [2.05, 4.69) is 5.92 Å². The molecule has 0 aromatic rings. The van der Waals surface area contributed by atoms with Crippen LogP contribution in [0.3, 0.4) is 0 Å². The predicted molar refractivity (Wildman–Crippen MR) is 51.3 cm³/mol. The summed E-state index contributed by atoms with van der Waals surface area (Å²) in [6.07, 6.45) is 4.28. The van der Waals surface area contributed by atoms with Crippen molar-refractivity contribution in [2.45, 2.75) is 26.4 Å². The number of primary amides is 1. The number of nitrogens with two attached hydrogens (primary N) is 1. The standard InChI is InChI=1S/C9H14N2O3/c1-5-9(4,6(2)3)14-8(13)11-7(10)12/h1,6H,2-4H3,(H3,10,11,12,13). The van der Waals surface area contributed by atoms with Crippen molar-refractivity contribution in [1.29, 1.82) is 0 Å². The third-order valence-electron chi connectivity index (χ3n) is 1.92. The molecule has 14 heavy (non-hydrogen) atoms. The lowest BCUT2D eigenvalue weighted by atomic mass is 9.93. The molecule has 3 amide bonds. The highest BCUT2D eigenvalue weighted by atomic mass is 16.6. The maximum Gasteiger partial charge on any atom is 0.416 e. The molecule has 0 aromatic heterocycles. The summed E-state index contributed by atoms with van der Waals surface area (Å²) in [5.74, 6) is 2.28. The molecule has 3 N–H and O–H groups in total. The van der Waals surface area contributed by atoms with Gasteiger partial charge < -0.3 is 10.5 Å². The molecule has 5 nitrogen and oxygen atoms in total. The molecule has 78 valence electrons. The first-order valence-corrected chi connectivity index (χ1v) is 4.09. The summed E-state index contributed by atoms with van der Waals surface area (Å²) in [4.78, 5) is 21.3. The summed E-state index contributed by atoms with van der Waals surface area (Å²) in [5, 5.41) is 1.77. The van der Waals surface area contributed by atoms with Crippen molar-refractivity contribution in [3.63, 3.8) is 0 Å². The Kier molecular flexibility index (Phi) is 3.96. The third-order valence-corrected chi connectivity index (χ3v) is 1.92. The molecule has 5 heteroatoms. The van der Waals surface area contributed by atoms with Gasteiger partial charge in [0.2, 0.25) is 0 Å². The van der Waals surface area contributed by atoms with Gasteiger partial charge in [-0.2, -0.15) is 0 Å². The molecule has 0 aromatic carbocycles. The molecule has 0 radical (unpaired) electrons. The highest BCUT2D eigenvalue weighted by Crippen LogP contribution is 2.20. The maximum absolute atomic E-state index is 11.0. The molecule has 0 heterocycles. The fraction of sp³-hybridized carbons (Fsp3) is 0.556. The molecule has 0 aliphatic rings. The summed E-state index contributed by atoms with van der Waals surface area (Å²) in [6, 6.07) is -0.974. The van der Waals surface area contributed by atoms with Gasteiger partial charge in [-0.3, -0.25) is 0 Å². The summed E-state index contributed by atoms with van der Waals surface area (Å²) in [6.45, 7) is 5.19. The number of ether oxygens (including phenoxy) is 1. The van der Waals surface area contributed by atoms with Crippen LogP contribution in [0.1, 0.15) is 20.8 Å². The smallest absolute Gasteiger partial charge is 0.416 e. The van der Waals surface area contributed by atoms with Crippen LogP contribution in [0.25, 0.3) is 0 Å². The molecule has 1 unspecified atom stereocenters. The van der Waals surface area contributed by atoms with Crippen LogP contribution in [0, 0.1) is 18.3 Å². The molecule has 0 aliphatic carbocycles. The zero-order valence-corrected chi connectivity index (χ0v) is 8.46. The molecule has 0 rings (SSSR count). The molecule has 0 spiro atoms. The van der Waals surface area contributed by atoms with E-state index in [1.807, 2.05) is 0 Å². The Balaban J connectivity index is 4.42. The van der Waals surface area contributed by atoms with Gasteiger partial charge in [-0.1, -0.05) is 19.8 Å². The van der Waals surface area contributed by atoms with Crippen LogP contribution >= 0.6 is 0 Å². The first kappa shape index (κ1) is 12.3. The number of carbonyl (C=O) groups excluding carboxylic acids is 2. The summed E-state index contributed by atoms with van der Waals surface area (Å²) in [5.41, 5.74) is 3.69.